The lowest BCUT2D eigenvalue weighted by Gasteiger charge is -2.02. The Morgan fingerprint density at radius 3 is 2.46 bits per heavy atom. The Hall–Kier alpha value is -1.64. The first-order valence-electron chi connectivity index (χ1n) is 3.10. The van der Waals surface area contributed by atoms with Crippen LogP contribution in [0.15, 0.2) is 6.20 Å². The zero-order valence-corrected chi connectivity index (χ0v) is 6.06. The average molecular weight is 190 g/mol. The number of nitriles is 1. The molecule has 1 rings (SSSR count). The minimum Gasteiger partial charge on any atom is -0.226 e. The largest absolute Gasteiger partial charge is 0.271 e. The summed E-state index contributed by atoms with van der Waals surface area (Å²) >= 11 is 0. The van der Waals surface area contributed by atoms with Crippen LogP contribution in [0.25, 0.3) is 0 Å². The Morgan fingerprint density at radius 1 is 1.38 bits per heavy atom. The summed E-state index contributed by atoms with van der Waals surface area (Å²) in [6, 6.07) is 1.28. The SMILES string of the molecule is N#Cc1cnc(F)c(C(F)F)c1F. The molecule has 0 aromatic carbocycles. The van der Waals surface area contributed by atoms with Gasteiger partial charge in [-0.25, -0.2) is 18.2 Å². The smallest absolute Gasteiger partial charge is 0.226 e. The van der Waals surface area contributed by atoms with Crippen molar-refractivity contribution in [3.05, 3.63) is 29.1 Å². The van der Waals surface area contributed by atoms with Crippen LogP contribution in [0.1, 0.15) is 17.6 Å². The molecule has 0 spiro atoms. The van der Waals surface area contributed by atoms with Gasteiger partial charge in [0.25, 0.3) is 6.43 Å². The quantitative estimate of drug-likeness (QED) is 0.502. The molecule has 0 amide bonds. The zero-order valence-electron chi connectivity index (χ0n) is 6.06. The summed E-state index contributed by atoms with van der Waals surface area (Å²) in [4.78, 5) is 2.82. The van der Waals surface area contributed by atoms with Crippen molar-refractivity contribution >= 4 is 0 Å². The molecule has 0 radical (unpaired) electrons. The number of aromatic nitrogens is 1. The van der Waals surface area contributed by atoms with Crippen molar-refractivity contribution in [2.24, 2.45) is 0 Å². The second-order valence-corrected chi connectivity index (χ2v) is 2.10. The molecule has 0 aliphatic heterocycles. The van der Waals surface area contributed by atoms with Crippen molar-refractivity contribution in [3.63, 3.8) is 0 Å². The van der Waals surface area contributed by atoms with Crippen LogP contribution in [-0.2, 0) is 0 Å². The monoisotopic (exact) mass is 190 g/mol. The van der Waals surface area contributed by atoms with Gasteiger partial charge in [0.2, 0.25) is 5.95 Å². The third kappa shape index (κ3) is 1.59. The van der Waals surface area contributed by atoms with Gasteiger partial charge in [-0.2, -0.15) is 9.65 Å². The second kappa shape index (κ2) is 3.39. The molecule has 6 heteroatoms. The number of halogens is 4. The summed E-state index contributed by atoms with van der Waals surface area (Å²) in [7, 11) is 0. The average Bonchev–Trinajstić information content (AvgIpc) is 2.04. The van der Waals surface area contributed by atoms with Crippen LogP contribution in [0.5, 0.6) is 0 Å². The molecule has 0 N–H and O–H groups in total. The molecule has 2 nitrogen and oxygen atoms in total. The lowest BCUT2D eigenvalue weighted by Crippen LogP contribution is -2.01. The van der Waals surface area contributed by atoms with Gasteiger partial charge in [0.15, 0.2) is 5.82 Å². The fraction of sp³-hybridized carbons (Fsp3) is 0.143. The molecular weight excluding hydrogens is 188 g/mol. The van der Waals surface area contributed by atoms with Crippen LogP contribution in [0.4, 0.5) is 17.6 Å². The van der Waals surface area contributed by atoms with Crippen molar-refractivity contribution in [1.29, 1.82) is 5.26 Å². The predicted octanol–water partition coefficient (Wildman–Crippen LogP) is 2.17. The van der Waals surface area contributed by atoms with E-state index in [0.717, 1.165) is 0 Å². The van der Waals surface area contributed by atoms with E-state index in [2.05, 4.69) is 4.98 Å². The molecule has 0 saturated carbocycles. The van der Waals surface area contributed by atoms with Crippen LogP contribution in [0, 0.1) is 23.1 Å². The van der Waals surface area contributed by atoms with Crippen molar-refractivity contribution in [3.8, 4) is 6.07 Å². The fourth-order valence-electron chi connectivity index (χ4n) is 0.747. The first-order valence-corrected chi connectivity index (χ1v) is 3.10. The number of nitrogens with zero attached hydrogens (tertiary/aromatic N) is 2. The summed E-state index contributed by atoms with van der Waals surface area (Å²) in [6.07, 6.45) is -2.75. The van der Waals surface area contributed by atoms with Crippen LogP contribution >= 0.6 is 0 Å². The van der Waals surface area contributed by atoms with Gasteiger partial charge in [-0.3, -0.25) is 0 Å². The molecule has 1 aromatic heterocycles. The summed E-state index contributed by atoms with van der Waals surface area (Å²) in [5, 5.41) is 8.22. The van der Waals surface area contributed by atoms with E-state index in [9.17, 15) is 17.6 Å². The van der Waals surface area contributed by atoms with Crippen LogP contribution in [0.2, 0.25) is 0 Å². The third-order valence-corrected chi connectivity index (χ3v) is 1.34. The Balaban J connectivity index is 3.41. The standard InChI is InChI=1S/C7H2F4N2/c8-5-3(1-12)2-13-7(11)4(5)6(9)10/h2,6H. The summed E-state index contributed by atoms with van der Waals surface area (Å²) in [5.74, 6) is -3.14. The van der Waals surface area contributed by atoms with Crippen LogP contribution < -0.4 is 0 Å². The summed E-state index contributed by atoms with van der Waals surface area (Å²) in [6.45, 7) is 0. The first-order chi connectivity index (χ1) is 6.07. The Morgan fingerprint density at radius 2 is 2.00 bits per heavy atom. The lowest BCUT2D eigenvalue weighted by molar-refractivity contribution is 0.139. The Kier molecular flexibility index (Phi) is 2.46. The van der Waals surface area contributed by atoms with Gasteiger partial charge in [0.1, 0.15) is 17.2 Å². The van der Waals surface area contributed by atoms with E-state index in [0.29, 0.717) is 6.20 Å². The predicted molar refractivity (Wildman–Crippen MR) is 33.8 cm³/mol. The van der Waals surface area contributed by atoms with Crippen molar-refractivity contribution in [2.45, 2.75) is 6.43 Å². The second-order valence-electron chi connectivity index (χ2n) is 2.10. The number of hydrogen-bond donors (Lipinski definition) is 0. The van der Waals surface area contributed by atoms with Crippen LogP contribution in [-0.4, -0.2) is 4.98 Å². The molecular formula is C7H2F4N2. The maximum absolute atomic E-state index is 12.8. The maximum atomic E-state index is 12.8. The van der Waals surface area contributed by atoms with E-state index in [1.54, 1.807) is 0 Å². The van der Waals surface area contributed by atoms with Gasteiger partial charge in [0, 0.05) is 0 Å². The highest BCUT2D eigenvalue weighted by atomic mass is 19.3. The molecule has 0 saturated heterocycles. The summed E-state index contributed by atoms with van der Waals surface area (Å²) in [5.41, 5.74) is -2.16. The van der Waals surface area contributed by atoms with Crippen molar-refractivity contribution in [2.75, 3.05) is 0 Å². The third-order valence-electron chi connectivity index (χ3n) is 1.34. The van der Waals surface area contributed by atoms with E-state index in [1.165, 1.54) is 6.07 Å². The molecule has 68 valence electrons. The Labute approximate surface area is 70.4 Å². The molecule has 0 atom stereocenters. The highest BCUT2D eigenvalue weighted by Gasteiger charge is 2.22. The molecule has 0 unspecified atom stereocenters. The molecule has 13 heavy (non-hydrogen) atoms. The molecule has 0 aliphatic carbocycles. The highest BCUT2D eigenvalue weighted by molar-refractivity contribution is 5.32. The normalized spacial score (nSPS) is 10.2. The van der Waals surface area contributed by atoms with Crippen molar-refractivity contribution < 1.29 is 17.6 Å². The number of alkyl halides is 2. The highest BCUT2D eigenvalue weighted by Crippen LogP contribution is 2.25. The molecule has 1 aromatic rings. The van der Waals surface area contributed by atoms with Gasteiger partial charge < -0.3 is 0 Å². The van der Waals surface area contributed by atoms with E-state index >= 15 is 0 Å². The lowest BCUT2D eigenvalue weighted by atomic mass is 10.2. The minimum atomic E-state index is -3.32. The molecule has 1 heterocycles. The number of hydrogen-bond acceptors (Lipinski definition) is 2. The Bertz CT molecular complexity index is 369. The summed E-state index contributed by atoms with van der Waals surface area (Å²) < 4.78 is 49.2. The van der Waals surface area contributed by atoms with Gasteiger partial charge in [0.05, 0.1) is 6.20 Å². The zero-order chi connectivity index (χ0) is 10.0. The van der Waals surface area contributed by atoms with Gasteiger partial charge in [-0.05, 0) is 0 Å². The van der Waals surface area contributed by atoms with Gasteiger partial charge >= 0.3 is 0 Å². The molecule has 0 bridgehead atoms. The van der Waals surface area contributed by atoms with E-state index in [4.69, 9.17) is 5.26 Å². The number of rotatable bonds is 1. The minimum absolute atomic E-state index is 0.566. The van der Waals surface area contributed by atoms with Gasteiger partial charge in [-0.1, -0.05) is 0 Å². The maximum Gasteiger partial charge on any atom is 0.271 e. The fourth-order valence-corrected chi connectivity index (χ4v) is 0.747. The first kappa shape index (κ1) is 9.45. The molecule has 0 fully saturated rings. The van der Waals surface area contributed by atoms with Gasteiger partial charge in [-0.15, -0.1) is 0 Å². The van der Waals surface area contributed by atoms with E-state index in [-0.39, 0.29) is 0 Å². The van der Waals surface area contributed by atoms with Crippen molar-refractivity contribution in [1.82, 2.24) is 4.98 Å². The van der Waals surface area contributed by atoms with Crippen LogP contribution in [0.3, 0.4) is 0 Å². The van der Waals surface area contributed by atoms with E-state index < -0.39 is 29.3 Å². The topological polar surface area (TPSA) is 36.7 Å². The molecule has 0 aliphatic rings. The number of pyridine rings is 1. The van der Waals surface area contributed by atoms with E-state index in [1.807, 2.05) is 0 Å².